The molecule has 4 aromatic rings. The Labute approximate surface area is 476 Å². The lowest BCUT2D eigenvalue weighted by Crippen LogP contribution is -2.70. The molecule has 4 bridgehead atoms. The van der Waals surface area contributed by atoms with Gasteiger partial charge in [0.25, 0.3) is 0 Å². The van der Waals surface area contributed by atoms with Crippen molar-refractivity contribution in [3.05, 3.63) is 172 Å². The summed E-state index contributed by atoms with van der Waals surface area (Å²) in [4.78, 5) is 14.4. The molecule has 4 aromatic carbocycles. The second kappa shape index (κ2) is 19.4. The minimum absolute atomic E-state index is 0.0657. The van der Waals surface area contributed by atoms with Gasteiger partial charge >= 0.3 is 5.97 Å². The zero-order chi connectivity index (χ0) is 55.0. The van der Waals surface area contributed by atoms with Crippen LogP contribution in [0.2, 0.25) is 0 Å². The van der Waals surface area contributed by atoms with Crippen molar-refractivity contribution in [1.29, 1.82) is 0 Å². The maximum absolute atomic E-state index is 14.4. The number of hydrogen-bond acceptors (Lipinski definition) is 4. The van der Waals surface area contributed by atoms with Crippen molar-refractivity contribution in [1.82, 2.24) is 0 Å². The van der Waals surface area contributed by atoms with Crippen molar-refractivity contribution in [2.24, 2.45) is 79.8 Å². The molecule has 0 radical (unpaired) electrons. The number of phenols is 1. The first-order valence-corrected chi connectivity index (χ1v) is 31.8. The predicted octanol–water partition coefficient (Wildman–Crippen LogP) is 15.1. The van der Waals surface area contributed by atoms with Crippen LogP contribution in [-0.2, 0) is 17.6 Å². The monoisotopic (exact) mass is 1070 g/mol. The van der Waals surface area contributed by atoms with Crippen molar-refractivity contribution >= 4 is 17.6 Å². The van der Waals surface area contributed by atoms with Gasteiger partial charge in [0, 0.05) is 33.5 Å². The third-order valence-corrected chi connectivity index (χ3v) is 25.7. The lowest BCUT2D eigenvalue weighted by molar-refractivity contribution is -0.198. The average Bonchev–Trinajstić information content (AvgIpc) is 3.51. The summed E-state index contributed by atoms with van der Waals surface area (Å²) in [6.07, 6.45) is 30.7. The van der Waals surface area contributed by atoms with Gasteiger partial charge < -0.3 is 20.4 Å². The largest absolute Gasteiger partial charge is 0.508 e. The van der Waals surface area contributed by atoms with Gasteiger partial charge in [0.15, 0.2) is 0 Å². The van der Waals surface area contributed by atoms with E-state index in [1.165, 1.54) is 70.4 Å². The lowest BCUT2D eigenvalue weighted by Gasteiger charge is -2.76. The van der Waals surface area contributed by atoms with E-state index in [-0.39, 0.29) is 56.5 Å². The number of rotatable bonds is 12. The van der Waals surface area contributed by atoms with Crippen LogP contribution >= 0.6 is 0 Å². The highest BCUT2D eigenvalue weighted by Gasteiger charge is 2.80. The molecule has 0 heterocycles. The van der Waals surface area contributed by atoms with Crippen LogP contribution in [0.3, 0.4) is 0 Å². The number of aliphatic hydroxyl groups is 2. The molecule has 13 atom stereocenters. The molecule has 0 aromatic heterocycles. The molecule has 418 valence electrons. The molecule has 5 heteroatoms. The first-order valence-electron chi connectivity index (χ1n) is 31.8. The van der Waals surface area contributed by atoms with E-state index >= 15 is 0 Å². The fraction of sp³-hybridized carbons (Fsp3) is 0.533. The molecule has 5 nitrogen and oxygen atoms in total. The summed E-state index contributed by atoms with van der Waals surface area (Å²) in [5, 5.41) is 50.8. The van der Waals surface area contributed by atoms with Crippen molar-refractivity contribution < 1.29 is 25.2 Å². The summed E-state index contributed by atoms with van der Waals surface area (Å²) < 4.78 is 0. The van der Waals surface area contributed by atoms with E-state index in [4.69, 9.17) is 6.58 Å². The smallest absolute Gasteiger partial charge is 0.306 e. The zero-order valence-corrected chi connectivity index (χ0v) is 48.2. The predicted molar refractivity (Wildman–Crippen MR) is 321 cm³/mol. The number of hydrogen-bond donors (Lipinski definition) is 4. The van der Waals surface area contributed by atoms with Crippen molar-refractivity contribution in [3.8, 4) is 16.9 Å². The van der Waals surface area contributed by atoms with E-state index in [9.17, 15) is 25.2 Å². The standard InChI is InChI=1S/C75H88O5/c1-47(48(2)52-18-9-6-10-19-52)23-28-59(68(79)80)67-65(77)46-75-64-45-72-34-14-33-70(3)66(78)32-38-74(69(70)72,63(64)43-56(71(67,75)4)31-37-73(75)35-29-50(30-36-73)39-49-15-7-5-8-16-49)62-42-55-20-11-12-22-58(55)60(61(62)44-72)41-51-17-13-21-54(40-51)53-24-26-57(76)27-25-53/h5,7-8,11-17,20-22,24-27,34,40,42,44,48,50,52,56,59,62,65-67,69,76-78H,1,6,9-10,18-19,23,28-33,35-39,41,43,45-46H2,2-4H3,(H,79,80). The Kier molecular flexibility index (Phi) is 12.8. The summed E-state index contributed by atoms with van der Waals surface area (Å²) in [6, 6.07) is 36.9. The van der Waals surface area contributed by atoms with E-state index in [1.54, 1.807) is 23.3 Å². The van der Waals surface area contributed by atoms with Crippen LogP contribution in [0.15, 0.2) is 150 Å². The maximum atomic E-state index is 14.4. The number of carboxylic acids is 1. The minimum atomic E-state index is -0.728. The van der Waals surface area contributed by atoms with E-state index < -0.39 is 29.5 Å². The molecule has 5 saturated carbocycles. The SMILES string of the molecule is C=C(CCC(C(=O)O)C1C(O)CC23C4=C(CC(CCC25CCC(Cc2ccccc2)CC5)C13C)C12CCC(O)C3(C)CC=CC(C=C5C(Cc6cccc(-c7ccc(O)cc7)c6)=c6ccccc6=CC51)(C4)C32)C(C)C1CCCCC1. The molecule has 4 N–H and O–H groups in total. The maximum Gasteiger partial charge on any atom is 0.306 e. The molecule has 5 fully saturated rings. The summed E-state index contributed by atoms with van der Waals surface area (Å²) in [6.45, 7) is 12.1. The van der Waals surface area contributed by atoms with E-state index in [2.05, 4.69) is 124 Å². The number of aliphatic hydroxyl groups excluding tert-OH is 2. The normalized spacial score (nSPS) is 38.2. The number of benzene rings is 4. The molecular formula is C75H88O5. The van der Waals surface area contributed by atoms with Gasteiger partial charge in [0.05, 0.1) is 18.1 Å². The average molecular weight is 1070 g/mol. The first-order chi connectivity index (χ1) is 38.6. The van der Waals surface area contributed by atoms with Crippen molar-refractivity contribution in [3.63, 3.8) is 0 Å². The molecule has 10 aliphatic rings. The number of aromatic hydroxyl groups is 1. The third-order valence-electron chi connectivity index (χ3n) is 25.7. The molecule has 0 saturated heterocycles. The Morgan fingerprint density at radius 2 is 1.52 bits per heavy atom. The molecule has 0 aliphatic heterocycles. The van der Waals surface area contributed by atoms with E-state index in [0.717, 1.165) is 94.6 Å². The topological polar surface area (TPSA) is 98.0 Å². The van der Waals surface area contributed by atoms with Crippen LogP contribution in [0.4, 0.5) is 0 Å². The van der Waals surface area contributed by atoms with Crippen molar-refractivity contribution in [2.75, 3.05) is 0 Å². The quantitative estimate of drug-likeness (QED) is 0.106. The van der Waals surface area contributed by atoms with E-state index in [1.807, 2.05) is 12.1 Å². The minimum Gasteiger partial charge on any atom is -0.508 e. The molecule has 14 rings (SSSR count). The van der Waals surface area contributed by atoms with Crippen LogP contribution < -0.4 is 10.4 Å². The second-order valence-corrected chi connectivity index (χ2v) is 28.8. The fourth-order valence-electron chi connectivity index (χ4n) is 22.3. The summed E-state index contributed by atoms with van der Waals surface area (Å²) >= 11 is 0. The zero-order valence-electron chi connectivity index (χ0n) is 48.2. The van der Waals surface area contributed by atoms with Gasteiger partial charge in [-0.05, 0) is 212 Å². The molecule has 0 amide bonds. The van der Waals surface area contributed by atoms with Gasteiger partial charge in [-0.3, -0.25) is 4.79 Å². The van der Waals surface area contributed by atoms with Crippen LogP contribution in [0, 0.1) is 79.8 Å². The van der Waals surface area contributed by atoms with Crippen molar-refractivity contribution in [2.45, 2.75) is 168 Å². The number of carboxylic acid groups (broad SMARTS) is 1. The Hall–Kier alpha value is -5.23. The summed E-state index contributed by atoms with van der Waals surface area (Å²) in [7, 11) is 0. The van der Waals surface area contributed by atoms with Gasteiger partial charge in [-0.1, -0.05) is 179 Å². The molecule has 13 unspecified atom stereocenters. The van der Waals surface area contributed by atoms with Crippen LogP contribution in [-0.4, -0.2) is 38.6 Å². The Bertz CT molecular complexity index is 3330. The first kappa shape index (κ1) is 52.8. The Morgan fingerprint density at radius 1 is 0.787 bits per heavy atom. The molecule has 10 aliphatic carbocycles. The van der Waals surface area contributed by atoms with Crippen LogP contribution in [0.25, 0.3) is 22.8 Å². The second-order valence-electron chi connectivity index (χ2n) is 28.8. The number of aliphatic carboxylic acids is 1. The number of fused-ring (bicyclic) bond motifs is 2. The summed E-state index contributed by atoms with van der Waals surface area (Å²) in [5.74, 6) is 0.646. The Morgan fingerprint density at radius 3 is 2.30 bits per heavy atom. The van der Waals surface area contributed by atoms with Gasteiger partial charge in [0.1, 0.15) is 5.75 Å². The number of allylic oxidation sites excluding steroid dienone is 7. The van der Waals surface area contributed by atoms with Gasteiger partial charge in [-0.2, -0.15) is 0 Å². The number of phenolic OH excluding ortho intramolecular Hbond substituents is 1. The number of carbonyl (C=O) groups is 1. The molecular weight excluding hydrogens is 981 g/mol. The van der Waals surface area contributed by atoms with Gasteiger partial charge in [-0.15, -0.1) is 0 Å². The molecule has 1 spiro atoms. The van der Waals surface area contributed by atoms with Crippen LogP contribution in [0.1, 0.15) is 154 Å². The van der Waals surface area contributed by atoms with E-state index in [0.29, 0.717) is 37.0 Å². The van der Waals surface area contributed by atoms with Crippen LogP contribution in [0.5, 0.6) is 5.75 Å². The van der Waals surface area contributed by atoms with Gasteiger partial charge in [0.2, 0.25) is 0 Å². The molecule has 80 heavy (non-hydrogen) atoms. The Balaban J connectivity index is 0.938. The lowest BCUT2D eigenvalue weighted by atomic mass is 9.27. The third kappa shape index (κ3) is 7.62. The van der Waals surface area contributed by atoms with Gasteiger partial charge in [-0.25, -0.2) is 0 Å². The fourth-order valence-corrected chi connectivity index (χ4v) is 22.3. The highest BCUT2D eigenvalue weighted by atomic mass is 16.4. The highest BCUT2D eigenvalue weighted by molar-refractivity contribution is 5.77. The highest BCUT2D eigenvalue weighted by Crippen LogP contribution is 2.86. The summed E-state index contributed by atoms with van der Waals surface area (Å²) in [5.41, 5.74) is 10.5.